The fourth-order valence-corrected chi connectivity index (χ4v) is 1.39. The van der Waals surface area contributed by atoms with Crippen molar-refractivity contribution in [1.82, 2.24) is 10.6 Å². The zero-order valence-corrected chi connectivity index (χ0v) is 11.8. The van der Waals surface area contributed by atoms with Crippen LogP contribution in [0.25, 0.3) is 0 Å². The Bertz CT molecular complexity index is 499. The molecule has 1 rings (SSSR count). The smallest absolute Gasteiger partial charge is 0.338 e. The summed E-state index contributed by atoms with van der Waals surface area (Å²) in [5, 5.41) is 4.97. The number of nitrogens with one attached hydrogen (secondary N) is 2. The van der Waals surface area contributed by atoms with Crippen LogP contribution in [0.1, 0.15) is 23.7 Å². The number of rotatable bonds is 7. The van der Waals surface area contributed by atoms with Crippen LogP contribution in [0.3, 0.4) is 0 Å². The van der Waals surface area contributed by atoms with E-state index in [0.717, 1.165) is 6.42 Å². The number of nitrogen functional groups attached to an aromatic ring is 1. The van der Waals surface area contributed by atoms with E-state index in [1.54, 1.807) is 12.1 Å². The summed E-state index contributed by atoms with van der Waals surface area (Å²) in [5.41, 5.74) is 6.33. The summed E-state index contributed by atoms with van der Waals surface area (Å²) in [6, 6.07) is 6.14. The highest BCUT2D eigenvalue weighted by atomic mass is 16.5. The number of esters is 1. The molecule has 0 bridgehead atoms. The minimum atomic E-state index is -0.624. The number of ether oxygens (including phenoxy) is 1. The first-order valence-electron chi connectivity index (χ1n) is 6.59. The molecule has 7 nitrogen and oxygen atoms in total. The molecule has 0 saturated carbocycles. The van der Waals surface area contributed by atoms with Crippen LogP contribution in [-0.2, 0) is 14.3 Å². The molecule has 0 atom stereocenters. The maximum atomic E-state index is 11.6. The highest BCUT2D eigenvalue weighted by Gasteiger charge is 2.10. The van der Waals surface area contributed by atoms with Crippen LogP contribution in [0.4, 0.5) is 5.69 Å². The Morgan fingerprint density at radius 3 is 2.38 bits per heavy atom. The molecule has 1 aromatic carbocycles. The molecule has 0 aliphatic carbocycles. The van der Waals surface area contributed by atoms with Crippen molar-refractivity contribution < 1.29 is 19.1 Å². The highest BCUT2D eigenvalue weighted by Crippen LogP contribution is 2.06. The third kappa shape index (κ3) is 6.42. The van der Waals surface area contributed by atoms with Crippen molar-refractivity contribution in [3.8, 4) is 0 Å². The number of hydrogen-bond acceptors (Lipinski definition) is 5. The molecule has 21 heavy (non-hydrogen) atoms. The Kier molecular flexibility index (Phi) is 6.73. The average molecular weight is 293 g/mol. The Balaban J connectivity index is 2.28. The van der Waals surface area contributed by atoms with Gasteiger partial charge in [0, 0.05) is 12.2 Å². The summed E-state index contributed by atoms with van der Waals surface area (Å²) in [5.74, 6) is -1.44. The molecule has 0 heterocycles. The predicted molar refractivity (Wildman–Crippen MR) is 77.4 cm³/mol. The maximum absolute atomic E-state index is 11.6. The average Bonchev–Trinajstić information content (AvgIpc) is 2.49. The molecule has 2 amide bonds. The van der Waals surface area contributed by atoms with Gasteiger partial charge in [-0.1, -0.05) is 6.92 Å². The molecule has 0 aliphatic heterocycles. The van der Waals surface area contributed by atoms with Crippen LogP contribution in [0.15, 0.2) is 24.3 Å². The van der Waals surface area contributed by atoms with Gasteiger partial charge < -0.3 is 21.1 Å². The van der Waals surface area contributed by atoms with Gasteiger partial charge in [0.15, 0.2) is 6.61 Å². The lowest BCUT2D eigenvalue weighted by Gasteiger charge is -2.07. The van der Waals surface area contributed by atoms with E-state index < -0.39 is 18.5 Å². The standard InChI is InChI=1S/C14H19N3O4/c1-2-7-16-12(18)8-17-13(19)9-21-14(20)10-3-5-11(15)6-4-10/h3-6H,2,7-9,15H2,1H3,(H,16,18)(H,17,19). The van der Waals surface area contributed by atoms with Gasteiger partial charge in [-0.15, -0.1) is 0 Å². The van der Waals surface area contributed by atoms with Crippen LogP contribution in [0, 0.1) is 0 Å². The van der Waals surface area contributed by atoms with Crippen molar-refractivity contribution in [2.24, 2.45) is 0 Å². The number of anilines is 1. The molecule has 0 saturated heterocycles. The zero-order chi connectivity index (χ0) is 15.7. The van der Waals surface area contributed by atoms with Gasteiger partial charge in [0.1, 0.15) is 0 Å². The first-order valence-corrected chi connectivity index (χ1v) is 6.59. The highest BCUT2D eigenvalue weighted by molar-refractivity contribution is 5.92. The van der Waals surface area contributed by atoms with Crippen LogP contribution in [-0.4, -0.2) is 37.5 Å². The van der Waals surface area contributed by atoms with Gasteiger partial charge in [0.2, 0.25) is 5.91 Å². The number of nitrogens with two attached hydrogens (primary N) is 1. The molecule has 0 unspecified atom stereocenters. The minimum Gasteiger partial charge on any atom is -0.452 e. The van der Waals surface area contributed by atoms with E-state index >= 15 is 0 Å². The van der Waals surface area contributed by atoms with Crippen molar-refractivity contribution in [3.05, 3.63) is 29.8 Å². The largest absolute Gasteiger partial charge is 0.452 e. The van der Waals surface area contributed by atoms with E-state index in [2.05, 4.69) is 10.6 Å². The van der Waals surface area contributed by atoms with Gasteiger partial charge in [-0.05, 0) is 30.7 Å². The fraction of sp³-hybridized carbons (Fsp3) is 0.357. The molecule has 114 valence electrons. The summed E-state index contributed by atoms with van der Waals surface area (Å²) in [6.07, 6.45) is 0.818. The Labute approximate surface area is 122 Å². The van der Waals surface area contributed by atoms with Crippen molar-refractivity contribution in [2.75, 3.05) is 25.4 Å². The molecule has 7 heteroatoms. The SMILES string of the molecule is CCCNC(=O)CNC(=O)COC(=O)c1ccc(N)cc1. The molecule has 1 aromatic rings. The molecular formula is C14H19N3O4. The number of amides is 2. The fourth-order valence-electron chi connectivity index (χ4n) is 1.39. The van der Waals surface area contributed by atoms with Crippen molar-refractivity contribution in [2.45, 2.75) is 13.3 Å². The lowest BCUT2D eigenvalue weighted by Crippen LogP contribution is -2.38. The molecule has 0 aromatic heterocycles. The van der Waals surface area contributed by atoms with Crippen molar-refractivity contribution >= 4 is 23.5 Å². The number of hydrogen-bond donors (Lipinski definition) is 3. The second-order valence-electron chi connectivity index (χ2n) is 4.32. The zero-order valence-electron chi connectivity index (χ0n) is 11.8. The topological polar surface area (TPSA) is 111 Å². The summed E-state index contributed by atoms with van der Waals surface area (Å²) >= 11 is 0. The molecule has 0 spiro atoms. The first-order chi connectivity index (χ1) is 10.0. The maximum Gasteiger partial charge on any atom is 0.338 e. The predicted octanol–water partition coefficient (Wildman–Crippen LogP) is 0.0680. The van der Waals surface area contributed by atoms with Gasteiger partial charge in [0.05, 0.1) is 12.1 Å². The van der Waals surface area contributed by atoms with Gasteiger partial charge in [-0.3, -0.25) is 9.59 Å². The van der Waals surface area contributed by atoms with Gasteiger partial charge >= 0.3 is 5.97 Å². The summed E-state index contributed by atoms with van der Waals surface area (Å²) in [4.78, 5) is 34.3. The molecule has 4 N–H and O–H groups in total. The third-order valence-corrected chi connectivity index (χ3v) is 2.50. The summed E-state index contributed by atoms with van der Waals surface area (Å²) in [6.45, 7) is 1.90. The first kappa shape index (κ1) is 16.5. The second-order valence-corrected chi connectivity index (χ2v) is 4.32. The van der Waals surface area contributed by atoms with Crippen LogP contribution < -0.4 is 16.4 Å². The lowest BCUT2D eigenvalue weighted by molar-refractivity contribution is -0.127. The van der Waals surface area contributed by atoms with E-state index in [-0.39, 0.29) is 12.5 Å². The van der Waals surface area contributed by atoms with E-state index in [1.165, 1.54) is 12.1 Å². The molecule has 0 fully saturated rings. The third-order valence-electron chi connectivity index (χ3n) is 2.50. The number of carbonyl (C=O) groups is 3. The number of benzene rings is 1. The summed E-state index contributed by atoms with van der Waals surface area (Å²) < 4.78 is 4.82. The van der Waals surface area contributed by atoms with Crippen LogP contribution in [0.2, 0.25) is 0 Å². The minimum absolute atomic E-state index is 0.141. The van der Waals surface area contributed by atoms with Crippen molar-refractivity contribution in [1.29, 1.82) is 0 Å². The quantitative estimate of drug-likeness (QED) is 0.486. The Hall–Kier alpha value is -2.57. The van der Waals surface area contributed by atoms with E-state index in [9.17, 15) is 14.4 Å². The molecule has 0 aliphatic rings. The normalized spacial score (nSPS) is 9.76. The lowest BCUT2D eigenvalue weighted by atomic mass is 10.2. The number of carbonyl (C=O) groups excluding carboxylic acids is 3. The second kappa shape index (κ2) is 8.57. The Morgan fingerprint density at radius 1 is 1.10 bits per heavy atom. The van der Waals surface area contributed by atoms with Crippen LogP contribution >= 0.6 is 0 Å². The monoisotopic (exact) mass is 293 g/mol. The van der Waals surface area contributed by atoms with Crippen LogP contribution in [0.5, 0.6) is 0 Å². The molecule has 0 radical (unpaired) electrons. The van der Waals surface area contributed by atoms with Gasteiger partial charge in [-0.2, -0.15) is 0 Å². The van der Waals surface area contributed by atoms with E-state index in [1.807, 2.05) is 6.92 Å². The summed E-state index contributed by atoms with van der Waals surface area (Å²) in [7, 11) is 0. The van der Waals surface area contributed by atoms with Crippen molar-refractivity contribution in [3.63, 3.8) is 0 Å². The van der Waals surface area contributed by atoms with E-state index in [0.29, 0.717) is 17.8 Å². The molecular weight excluding hydrogens is 274 g/mol. The van der Waals surface area contributed by atoms with Gasteiger partial charge in [-0.25, -0.2) is 4.79 Å². The van der Waals surface area contributed by atoms with E-state index in [4.69, 9.17) is 10.5 Å². The van der Waals surface area contributed by atoms with Gasteiger partial charge in [0.25, 0.3) is 5.91 Å². The Morgan fingerprint density at radius 2 is 1.76 bits per heavy atom.